The number of rotatable bonds is 4. The van der Waals surface area contributed by atoms with Gasteiger partial charge in [0.25, 0.3) is 0 Å². The molecule has 92 valence electrons. The van der Waals surface area contributed by atoms with Crippen molar-refractivity contribution in [3.8, 4) is 0 Å². The van der Waals surface area contributed by atoms with E-state index in [1.807, 2.05) is 19.2 Å². The number of hydrogen-bond donors (Lipinski definition) is 2. The van der Waals surface area contributed by atoms with Gasteiger partial charge in [-0.05, 0) is 20.8 Å². The first-order valence-electron chi connectivity index (χ1n) is 5.45. The third-order valence-corrected chi connectivity index (χ3v) is 4.12. The highest BCUT2D eigenvalue weighted by atomic mass is 32.1. The van der Waals surface area contributed by atoms with Crippen molar-refractivity contribution < 1.29 is 0 Å². The summed E-state index contributed by atoms with van der Waals surface area (Å²) in [5, 5.41) is 7.06. The summed E-state index contributed by atoms with van der Waals surface area (Å²) >= 11 is 3.24. The molecule has 4 nitrogen and oxygen atoms in total. The van der Waals surface area contributed by atoms with Gasteiger partial charge in [-0.25, -0.2) is 9.97 Å². The minimum Gasteiger partial charge on any atom is -0.328 e. The Morgan fingerprint density at radius 1 is 1.35 bits per heavy atom. The molecule has 1 atom stereocenters. The molecule has 2 rings (SSSR count). The summed E-state index contributed by atoms with van der Waals surface area (Å²) in [6.07, 6.45) is 0.814. The Kier molecular flexibility index (Phi) is 3.76. The van der Waals surface area contributed by atoms with E-state index in [0.29, 0.717) is 0 Å². The third kappa shape index (κ3) is 3.24. The van der Waals surface area contributed by atoms with Gasteiger partial charge in [0.05, 0.1) is 11.4 Å². The summed E-state index contributed by atoms with van der Waals surface area (Å²) in [5.41, 5.74) is 7.86. The number of anilines is 2. The summed E-state index contributed by atoms with van der Waals surface area (Å²) in [6.45, 7) is 6.07. The van der Waals surface area contributed by atoms with Gasteiger partial charge in [0.2, 0.25) is 0 Å². The zero-order valence-corrected chi connectivity index (χ0v) is 11.8. The molecule has 17 heavy (non-hydrogen) atoms. The van der Waals surface area contributed by atoms with Crippen LogP contribution in [0, 0.1) is 13.8 Å². The summed E-state index contributed by atoms with van der Waals surface area (Å²) in [7, 11) is 0. The fraction of sp³-hybridized carbons (Fsp3) is 0.455. The lowest BCUT2D eigenvalue weighted by Crippen LogP contribution is -2.17. The highest BCUT2D eigenvalue weighted by Crippen LogP contribution is 2.26. The molecule has 0 amide bonds. The number of nitrogens with zero attached hydrogens (tertiary/aromatic N) is 2. The molecular weight excluding hydrogens is 252 g/mol. The monoisotopic (exact) mass is 268 g/mol. The Morgan fingerprint density at radius 3 is 2.71 bits per heavy atom. The minimum absolute atomic E-state index is 0.148. The van der Waals surface area contributed by atoms with Crippen molar-refractivity contribution in [3.63, 3.8) is 0 Å². The molecule has 0 aromatic carbocycles. The van der Waals surface area contributed by atoms with Gasteiger partial charge in [0.15, 0.2) is 10.3 Å². The van der Waals surface area contributed by atoms with Crippen LogP contribution in [0.25, 0.3) is 0 Å². The molecule has 6 heteroatoms. The van der Waals surface area contributed by atoms with E-state index in [1.54, 1.807) is 22.7 Å². The van der Waals surface area contributed by atoms with Crippen molar-refractivity contribution in [1.82, 2.24) is 9.97 Å². The quantitative estimate of drug-likeness (QED) is 0.895. The van der Waals surface area contributed by atoms with Crippen LogP contribution in [0.2, 0.25) is 0 Å². The fourth-order valence-corrected chi connectivity index (χ4v) is 3.01. The van der Waals surface area contributed by atoms with Crippen LogP contribution in [-0.2, 0) is 6.42 Å². The number of thiazole rings is 2. The maximum Gasteiger partial charge on any atom is 0.189 e. The Labute approximate surface area is 109 Å². The SMILES string of the molecule is Cc1nc(Nc2nc(CC(C)N)cs2)sc1C. The molecule has 0 radical (unpaired) electrons. The van der Waals surface area contributed by atoms with Gasteiger partial charge in [-0.2, -0.15) is 0 Å². The molecule has 0 fully saturated rings. The summed E-state index contributed by atoms with van der Waals surface area (Å²) in [5.74, 6) is 0. The zero-order chi connectivity index (χ0) is 12.4. The first-order valence-corrected chi connectivity index (χ1v) is 7.15. The molecule has 2 aromatic heterocycles. The second-order valence-electron chi connectivity index (χ2n) is 4.11. The molecule has 0 aliphatic rings. The molecule has 1 unspecified atom stereocenters. The van der Waals surface area contributed by atoms with Gasteiger partial charge in [0, 0.05) is 22.7 Å². The van der Waals surface area contributed by atoms with E-state index < -0.39 is 0 Å². The third-order valence-electron chi connectivity index (χ3n) is 2.33. The van der Waals surface area contributed by atoms with E-state index in [-0.39, 0.29) is 6.04 Å². The number of nitrogens with one attached hydrogen (secondary N) is 1. The normalized spacial score (nSPS) is 12.7. The topological polar surface area (TPSA) is 63.8 Å². The summed E-state index contributed by atoms with van der Waals surface area (Å²) in [6, 6.07) is 0.148. The van der Waals surface area contributed by atoms with Crippen LogP contribution in [0.15, 0.2) is 5.38 Å². The largest absolute Gasteiger partial charge is 0.328 e. The van der Waals surface area contributed by atoms with Crippen molar-refractivity contribution >= 4 is 32.9 Å². The maximum atomic E-state index is 5.74. The standard InChI is InChI=1S/C11H16N4S2/c1-6(12)4-9-5-16-10(14-9)15-11-13-7(2)8(3)17-11/h5-6H,4,12H2,1-3H3,(H,13,14,15). The average Bonchev–Trinajstić information content (AvgIpc) is 2.75. The predicted octanol–water partition coefficient (Wildman–Crippen LogP) is 2.85. The van der Waals surface area contributed by atoms with Crippen LogP contribution in [0.3, 0.4) is 0 Å². The second-order valence-corrected chi connectivity index (χ2v) is 6.17. The number of hydrogen-bond acceptors (Lipinski definition) is 6. The van der Waals surface area contributed by atoms with Gasteiger partial charge in [-0.15, -0.1) is 22.7 Å². The summed E-state index contributed by atoms with van der Waals surface area (Å²) < 4.78 is 0. The molecule has 0 spiro atoms. The molecule has 3 N–H and O–H groups in total. The number of nitrogens with two attached hydrogens (primary N) is 1. The fourth-order valence-electron chi connectivity index (χ4n) is 1.41. The molecule has 2 aromatic rings. The number of aromatic nitrogens is 2. The highest BCUT2D eigenvalue weighted by molar-refractivity contribution is 7.17. The van der Waals surface area contributed by atoms with E-state index in [0.717, 1.165) is 28.1 Å². The van der Waals surface area contributed by atoms with Gasteiger partial charge in [-0.3, -0.25) is 0 Å². The Morgan fingerprint density at radius 2 is 2.12 bits per heavy atom. The van der Waals surface area contributed by atoms with Crippen molar-refractivity contribution in [1.29, 1.82) is 0 Å². The molecule has 0 aliphatic carbocycles. The maximum absolute atomic E-state index is 5.74. The molecule has 0 saturated heterocycles. The van der Waals surface area contributed by atoms with Crippen molar-refractivity contribution in [2.45, 2.75) is 33.2 Å². The molecule has 2 heterocycles. The van der Waals surface area contributed by atoms with E-state index in [4.69, 9.17) is 5.73 Å². The lowest BCUT2D eigenvalue weighted by Gasteiger charge is -1.99. The van der Waals surface area contributed by atoms with Gasteiger partial charge < -0.3 is 11.1 Å². The second kappa shape index (κ2) is 5.12. The molecular formula is C11H16N4S2. The van der Waals surface area contributed by atoms with Crippen molar-refractivity contribution in [2.75, 3.05) is 5.32 Å². The summed E-state index contributed by atoms with van der Waals surface area (Å²) in [4.78, 5) is 10.1. The van der Waals surface area contributed by atoms with Gasteiger partial charge >= 0.3 is 0 Å². The van der Waals surface area contributed by atoms with Gasteiger partial charge in [-0.1, -0.05) is 0 Å². The van der Waals surface area contributed by atoms with E-state index >= 15 is 0 Å². The van der Waals surface area contributed by atoms with Crippen LogP contribution in [0.1, 0.15) is 23.2 Å². The molecule has 0 aliphatic heterocycles. The first kappa shape index (κ1) is 12.5. The van der Waals surface area contributed by atoms with Crippen LogP contribution >= 0.6 is 22.7 Å². The van der Waals surface area contributed by atoms with Crippen LogP contribution in [0.4, 0.5) is 10.3 Å². The lowest BCUT2D eigenvalue weighted by atomic mass is 10.2. The first-order chi connectivity index (χ1) is 8.04. The lowest BCUT2D eigenvalue weighted by molar-refractivity contribution is 0.726. The predicted molar refractivity (Wildman–Crippen MR) is 74.3 cm³/mol. The molecule has 0 bridgehead atoms. The van der Waals surface area contributed by atoms with Crippen molar-refractivity contribution in [3.05, 3.63) is 21.6 Å². The Balaban J connectivity index is 2.06. The van der Waals surface area contributed by atoms with Crippen LogP contribution in [-0.4, -0.2) is 16.0 Å². The minimum atomic E-state index is 0.148. The Bertz CT molecular complexity index is 482. The molecule has 0 saturated carbocycles. The Hall–Kier alpha value is -0.980. The van der Waals surface area contributed by atoms with E-state index in [9.17, 15) is 0 Å². The smallest absolute Gasteiger partial charge is 0.189 e. The van der Waals surface area contributed by atoms with Gasteiger partial charge in [0.1, 0.15) is 0 Å². The zero-order valence-electron chi connectivity index (χ0n) is 10.2. The van der Waals surface area contributed by atoms with E-state index in [2.05, 4.69) is 22.2 Å². The highest BCUT2D eigenvalue weighted by Gasteiger charge is 2.07. The van der Waals surface area contributed by atoms with Crippen molar-refractivity contribution in [2.24, 2.45) is 5.73 Å². The average molecular weight is 268 g/mol. The number of aryl methyl sites for hydroxylation is 2. The van der Waals surface area contributed by atoms with Crippen LogP contribution in [0.5, 0.6) is 0 Å². The van der Waals surface area contributed by atoms with Crippen LogP contribution < -0.4 is 11.1 Å². The van der Waals surface area contributed by atoms with E-state index in [1.165, 1.54) is 4.88 Å².